The molecule has 0 fully saturated rings. The number of carbonyl (C=O) groups is 1. The zero-order valence-electron chi connectivity index (χ0n) is 11.9. The van der Waals surface area contributed by atoms with E-state index in [2.05, 4.69) is 0 Å². The normalized spacial score (nSPS) is 10.9. The summed E-state index contributed by atoms with van der Waals surface area (Å²) in [5.74, 6) is 0. The van der Waals surface area contributed by atoms with Crippen LogP contribution < -0.4 is 9.13 Å². The second kappa shape index (κ2) is 5.04. The lowest BCUT2D eigenvalue weighted by Crippen LogP contribution is -2.60. The summed E-state index contributed by atoms with van der Waals surface area (Å²) in [7, 11) is 0. The average Bonchev–Trinajstić information content (AvgIpc) is 2.60. The molecule has 0 N–H and O–H groups in total. The van der Waals surface area contributed by atoms with E-state index in [9.17, 15) is 4.79 Å². The third-order valence-corrected chi connectivity index (χ3v) is 3.83. The van der Waals surface area contributed by atoms with Gasteiger partial charge in [0, 0.05) is 35.0 Å². The van der Waals surface area contributed by atoms with Crippen LogP contribution in [0.5, 0.6) is 0 Å². The van der Waals surface area contributed by atoms with Crippen molar-refractivity contribution < 1.29 is 13.9 Å². The van der Waals surface area contributed by atoms with Crippen LogP contribution in [0, 0.1) is 0 Å². The van der Waals surface area contributed by atoms with E-state index in [1.165, 1.54) is 0 Å². The molecule has 104 valence electrons. The van der Waals surface area contributed by atoms with E-state index < -0.39 is 0 Å². The van der Waals surface area contributed by atoms with Crippen LogP contribution in [0.1, 0.15) is 0 Å². The molecule has 0 amide bonds. The molecule has 0 spiro atoms. The number of pyridine rings is 2. The maximum absolute atomic E-state index is 13.0. The van der Waals surface area contributed by atoms with Gasteiger partial charge in [-0.2, -0.15) is 4.79 Å². The van der Waals surface area contributed by atoms with Gasteiger partial charge in [-0.1, -0.05) is 33.4 Å². The monoisotopic (exact) mass is 286 g/mol. The largest absolute Gasteiger partial charge is 0.683 e. The summed E-state index contributed by atoms with van der Waals surface area (Å²) in [6.07, 6.45) is 3.61. The Bertz CT molecular complexity index is 916. The Morgan fingerprint density at radius 1 is 0.591 bits per heavy atom. The minimum atomic E-state index is -0.0893. The van der Waals surface area contributed by atoms with Crippen LogP contribution >= 0.6 is 0 Å². The van der Waals surface area contributed by atoms with Gasteiger partial charge in [-0.05, 0) is 24.3 Å². The lowest BCUT2D eigenvalue weighted by atomic mass is 10.2. The van der Waals surface area contributed by atoms with Crippen molar-refractivity contribution in [3.05, 3.63) is 85.2 Å². The van der Waals surface area contributed by atoms with E-state index in [4.69, 9.17) is 0 Å². The van der Waals surface area contributed by atoms with E-state index in [1.54, 1.807) is 21.5 Å². The molecule has 0 aliphatic rings. The Hall–Kier alpha value is -3.07. The highest BCUT2D eigenvalue weighted by Crippen LogP contribution is 2.09. The van der Waals surface area contributed by atoms with Crippen molar-refractivity contribution in [2.45, 2.75) is 0 Å². The number of aromatic nitrogens is 2. The number of rotatable bonds is 0. The van der Waals surface area contributed by atoms with Crippen molar-refractivity contribution >= 4 is 27.8 Å². The average molecular weight is 286 g/mol. The van der Waals surface area contributed by atoms with Gasteiger partial charge in [-0.25, -0.2) is 0 Å². The van der Waals surface area contributed by atoms with Crippen LogP contribution in [0.4, 0.5) is 4.79 Å². The molecule has 2 heterocycles. The van der Waals surface area contributed by atoms with E-state index in [1.807, 2.05) is 72.8 Å². The van der Waals surface area contributed by atoms with E-state index >= 15 is 0 Å². The number of para-hydroxylation sites is 2. The van der Waals surface area contributed by atoms with Crippen LogP contribution in [0.3, 0.4) is 0 Å². The fourth-order valence-corrected chi connectivity index (χ4v) is 2.77. The summed E-state index contributed by atoms with van der Waals surface area (Å²) in [5, 5.41) is 2.08. The molecule has 3 heteroatoms. The van der Waals surface area contributed by atoms with Gasteiger partial charge < -0.3 is 0 Å². The maximum atomic E-state index is 13.0. The van der Waals surface area contributed by atoms with Crippen molar-refractivity contribution in [3.8, 4) is 0 Å². The van der Waals surface area contributed by atoms with Gasteiger partial charge >= 0.3 is 6.03 Å². The van der Waals surface area contributed by atoms with Gasteiger partial charge in [0.2, 0.25) is 11.0 Å². The highest BCUT2D eigenvalue weighted by molar-refractivity contribution is 5.80. The Labute approximate surface area is 127 Å². The Morgan fingerprint density at radius 2 is 1.00 bits per heavy atom. The third-order valence-electron chi connectivity index (χ3n) is 3.83. The first-order valence-electron chi connectivity index (χ1n) is 7.18. The molecule has 0 bridgehead atoms. The van der Waals surface area contributed by atoms with Crippen LogP contribution in [0.2, 0.25) is 0 Å². The molecule has 4 rings (SSSR count). The lowest BCUT2D eigenvalue weighted by Gasteiger charge is -1.98. The standard InChI is InChI=1S/C19H14N2O/c22-19(20-13-5-9-15-7-1-3-11-17(15)20)21-14-6-10-16-8-2-4-12-18(16)21/h1-14H/q+2. The highest BCUT2D eigenvalue weighted by Gasteiger charge is 2.30. The summed E-state index contributed by atoms with van der Waals surface area (Å²) < 4.78 is 3.36. The third kappa shape index (κ3) is 1.95. The molecule has 3 nitrogen and oxygen atoms in total. The zero-order chi connectivity index (χ0) is 14.9. The lowest BCUT2D eigenvalue weighted by molar-refractivity contribution is -0.694. The van der Waals surface area contributed by atoms with Crippen LogP contribution in [0.15, 0.2) is 85.2 Å². The SMILES string of the molecule is O=C([n+]1cccc2ccccc21)[n+]1cccc2ccccc21. The van der Waals surface area contributed by atoms with Crippen LogP contribution in [0.25, 0.3) is 21.8 Å². The highest BCUT2D eigenvalue weighted by atomic mass is 16.2. The van der Waals surface area contributed by atoms with Gasteiger partial charge in [-0.15, -0.1) is 0 Å². The zero-order valence-corrected chi connectivity index (χ0v) is 11.9. The van der Waals surface area contributed by atoms with E-state index in [0.717, 1.165) is 21.8 Å². The maximum Gasteiger partial charge on any atom is 0.683 e. The second-order valence-corrected chi connectivity index (χ2v) is 5.16. The molecular weight excluding hydrogens is 272 g/mol. The summed E-state index contributed by atoms with van der Waals surface area (Å²) >= 11 is 0. The van der Waals surface area contributed by atoms with Crippen molar-refractivity contribution in [2.24, 2.45) is 0 Å². The summed E-state index contributed by atoms with van der Waals surface area (Å²) in [4.78, 5) is 13.0. The van der Waals surface area contributed by atoms with Crippen LogP contribution in [-0.2, 0) is 0 Å². The fourth-order valence-electron chi connectivity index (χ4n) is 2.77. The number of hydrogen-bond acceptors (Lipinski definition) is 1. The van der Waals surface area contributed by atoms with Gasteiger partial charge in [-0.3, -0.25) is 0 Å². The minimum Gasteiger partial charge on any atom is -0.151 e. The first-order valence-corrected chi connectivity index (χ1v) is 7.18. The Balaban J connectivity index is 1.97. The topological polar surface area (TPSA) is 24.8 Å². The summed E-state index contributed by atoms with van der Waals surface area (Å²) in [6.45, 7) is 0. The fraction of sp³-hybridized carbons (Fsp3) is 0. The smallest absolute Gasteiger partial charge is 0.151 e. The van der Waals surface area contributed by atoms with E-state index in [-0.39, 0.29) is 6.03 Å². The van der Waals surface area contributed by atoms with Gasteiger partial charge in [0.15, 0.2) is 12.4 Å². The number of fused-ring (bicyclic) bond motifs is 2. The predicted molar refractivity (Wildman–Crippen MR) is 84.5 cm³/mol. The van der Waals surface area contributed by atoms with Crippen molar-refractivity contribution in [3.63, 3.8) is 0 Å². The Kier molecular flexibility index (Phi) is 2.90. The number of nitrogens with zero attached hydrogens (tertiary/aromatic N) is 2. The number of carbonyl (C=O) groups excluding carboxylic acids is 1. The minimum absolute atomic E-state index is 0.0893. The molecule has 22 heavy (non-hydrogen) atoms. The summed E-state index contributed by atoms with van der Waals surface area (Å²) in [6, 6.07) is 23.5. The van der Waals surface area contributed by atoms with Crippen molar-refractivity contribution in [1.82, 2.24) is 0 Å². The second-order valence-electron chi connectivity index (χ2n) is 5.16. The molecule has 0 atom stereocenters. The summed E-state index contributed by atoms with van der Waals surface area (Å²) in [5.41, 5.74) is 1.80. The molecule has 4 aromatic rings. The quantitative estimate of drug-likeness (QED) is 0.456. The molecule has 0 saturated carbocycles. The van der Waals surface area contributed by atoms with E-state index in [0.29, 0.717) is 0 Å². The molecule has 0 unspecified atom stereocenters. The molecule has 2 aromatic heterocycles. The van der Waals surface area contributed by atoms with Crippen molar-refractivity contribution in [1.29, 1.82) is 0 Å². The molecular formula is C19H14N2O+2. The molecule has 0 aliphatic heterocycles. The van der Waals surface area contributed by atoms with Crippen molar-refractivity contribution in [2.75, 3.05) is 0 Å². The molecule has 0 aliphatic carbocycles. The predicted octanol–water partition coefficient (Wildman–Crippen LogP) is 3.08. The number of hydrogen-bond donors (Lipinski definition) is 0. The first kappa shape index (κ1) is 12.7. The van der Waals surface area contributed by atoms with Gasteiger partial charge in [0.05, 0.1) is 0 Å². The molecule has 0 saturated heterocycles. The number of benzene rings is 2. The first-order chi connectivity index (χ1) is 10.8. The molecule has 0 radical (unpaired) electrons. The van der Waals surface area contributed by atoms with Gasteiger partial charge in [0.25, 0.3) is 0 Å². The van der Waals surface area contributed by atoms with Crippen LogP contribution in [-0.4, -0.2) is 6.03 Å². The molecule has 2 aromatic carbocycles. The Morgan fingerprint density at radius 3 is 1.50 bits per heavy atom. The van der Waals surface area contributed by atoms with Gasteiger partial charge in [0.1, 0.15) is 0 Å².